The molecule has 4 rings (SSSR count). The Hall–Kier alpha value is -4.04. The van der Waals surface area contributed by atoms with Crippen molar-refractivity contribution < 1.29 is 33.6 Å². The van der Waals surface area contributed by atoms with Gasteiger partial charge in [0.25, 0.3) is 0 Å². The predicted octanol–water partition coefficient (Wildman–Crippen LogP) is 6.96. The van der Waals surface area contributed by atoms with E-state index in [0.29, 0.717) is 23.2 Å². The van der Waals surface area contributed by atoms with E-state index >= 15 is 0 Å². The Balaban J connectivity index is 1.76. The van der Waals surface area contributed by atoms with Gasteiger partial charge in [-0.3, -0.25) is 4.90 Å². The maximum Gasteiger partial charge on any atom is 0.420 e. The Kier molecular flexibility index (Phi) is 8.45. The molecule has 8 heteroatoms. The van der Waals surface area contributed by atoms with Crippen molar-refractivity contribution in [3.8, 4) is 23.0 Å². The smallest absolute Gasteiger partial charge is 0.420 e. The van der Waals surface area contributed by atoms with E-state index in [0.717, 1.165) is 5.56 Å². The zero-order valence-electron chi connectivity index (χ0n) is 23.2. The number of para-hydroxylation sites is 1. The molecule has 0 radical (unpaired) electrons. The molecule has 1 aliphatic rings. The zero-order valence-corrected chi connectivity index (χ0v) is 23.2. The van der Waals surface area contributed by atoms with Crippen molar-refractivity contribution in [3.05, 3.63) is 76.9 Å². The number of anilines is 1. The van der Waals surface area contributed by atoms with E-state index in [1.165, 1.54) is 7.11 Å². The van der Waals surface area contributed by atoms with Crippen LogP contribution in [0.2, 0.25) is 0 Å². The number of carbonyl (C=O) groups excluding carboxylic acids is 2. The number of esters is 1. The average Bonchev–Trinajstić information content (AvgIpc) is 2.87. The van der Waals surface area contributed by atoms with E-state index in [4.69, 9.17) is 18.9 Å². The van der Waals surface area contributed by atoms with Crippen molar-refractivity contribution in [2.75, 3.05) is 12.0 Å². The van der Waals surface area contributed by atoms with Crippen LogP contribution in [0.5, 0.6) is 23.0 Å². The van der Waals surface area contributed by atoms with Crippen molar-refractivity contribution in [2.24, 2.45) is 5.92 Å². The summed E-state index contributed by atoms with van der Waals surface area (Å²) in [5.41, 5.74) is 2.59. The van der Waals surface area contributed by atoms with Crippen molar-refractivity contribution >= 4 is 17.7 Å². The maximum atomic E-state index is 13.4. The first kappa shape index (κ1) is 28.0. The lowest BCUT2D eigenvalue weighted by Gasteiger charge is -2.27. The number of aryl methyl sites for hydroxylation is 1. The number of cyclic esters (lactones) is 1. The third-order valence-corrected chi connectivity index (χ3v) is 6.40. The summed E-state index contributed by atoms with van der Waals surface area (Å²) in [4.78, 5) is 28.1. The highest BCUT2D eigenvalue weighted by Gasteiger charge is 2.31. The lowest BCUT2D eigenvalue weighted by molar-refractivity contribution is 0.0453. The third kappa shape index (κ3) is 6.01. The van der Waals surface area contributed by atoms with Crippen molar-refractivity contribution in [3.63, 3.8) is 0 Å². The number of hydrogen-bond donors (Lipinski definition) is 1. The molecular formula is C31H35NO7. The van der Waals surface area contributed by atoms with Gasteiger partial charge in [-0.1, -0.05) is 32.0 Å². The Morgan fingerprint density at radius 1 is 1.08 bits per heavy atom. The molecule has 8 nitrogen and oxygen atoms in total. The van der Waals surface area contributed by atoms with Gasteiger partial charge >= 0.3 is 12.1 Å². The number of aliphatic hydroxyl groups is 1. The molecule has 0 bridgehead atoms. The summed E-state index contributed by atoms with van der Waals surface area (Å²) in [6, 6.07) is 15.9. The normalized spacial score (nSPS) is 13.4. The SMILES string of the molecule is COc1c([C@@H](O)CC(C)C)ccc2c1C(=O)OCc1cc(C)cc(OC(=O)N(c3ccccc3)C(C)C)c1O2. The van der Waals surface area contributed by atoms with Crippen LogP contribution < -0.4 is 19.1 Å². The Labute approximate surface area is 229 Å². The second kappa shape index (κ2) is 11.8. The van der Waals surface area contributed by atoms with E-state index in [9.17, 15) is 14.7 Å². The number of amides is 1. The van der Waals surface area contributed by atoms with Crippen LogP contribution in [0.25, 0.3) is 0 Å². The molecule has 0 spiro atoms. The van der Waals surface area contributed by atoms with Crippen LogP contribution in [0.1, 0.15) is 67.3 Å². The fourth-order valence-electron chi connectivity index (χ4n) is 4.70. The summed E-state index contributed by atoms with van der Waals surface area (Å²) in [6.07, 6.45) is -0.923. The second-order valence-electron chi connectivity index (χ2n) is 10.3. The highest BCUT2D eigenvalue weighted by atomic mass is 16.6. The van der Waals surface area contributed by atoms with Gasteiger partial charge < -0.3 is 24.1 Å². The van der Waals surface area contributed by atoms with Crippen LogP contribution in [0.15, 0.2) is 54.6 Å². The van der Waals surface area contributed by atoms with E-state index < -0.39 is 18.2 Å². The van der Waals surface area contributed by atoms with E-state index in [1.807, 2.05) is 71.0 Å². The molecule has 0 unspecified atom stereocenters. The molecule has 0 fully saturated rings. The first-order chi connectivity index (χ1) is 18.6. The summed E-state index contributed by atoms with van der Waals surface area (Å²) < 4.78 is 23.4. The largest absolute Gasteiger partial charge is 0.495 e. The molecule has 0 saturated heterocycles. The second-order valence-corrected chi connectivity index (χ2v) is 10.3. The molecule has 1 amide bonds. The van der Waals surface area contributed by atoms with Gasteiger partial charge in [-0.25, -0.2) is 9.59 Å². The number of carbonyl (C=O) groups is 2. The Morgan fingerprint density at radius 3 is 2.44 bits per heavy atom. The lowest BCUT2D eigenvalue weighted by Crippen LogP contribution is -2.39. The quantitative estimate of drug-likeness (QED) is 0.328. The summed E-state index contributed by atoms with van der Waals surface area (Å²) in [6.45, 7) is 9.56. The number of hydrogen-bond acceptors (Lipinski definition) is 7. The first-order valence-corrected chi connectivity index (χ1v) is 13.0. The van der Waals surface area contributed by atoms with Crippen LogP contribution in [-0.2, 0) is 11.3 Å². The highest BCUT2D eigenvalue weighted by Crippen LogP contribution is 2.44. The van der Waals surface area contributed by atoms with E-state index in [1.54, 1.807) is 23.1 Å². The van der Waals surface area contributed by atoms with Crippen LogP contribution in [0.4, 0.5) is 10.5 Å². The number of fused-ring (bicyclic) bond motifs is 2. The van der Waals surface area contributed by atoms with Crippen molar-refractivity contribution in [1.82, 2.24) is 0 Å². The van der Waals surface area contributed by atoms with Crippen LogP contribution >= 0.6 is 0 Å². The van der Waals surface area contributed by atoms with E-state index in [2.05, 4.69) is 0 Å². The van der Waals surface area contributed by atoms with Gasteiger partial charge in [0.15, 0.2) is 11.5 Å². The first-order valence-electron chi connectivity index (χ1n) is 13.0. The molecule has 1 atom stereocenters. The number of rotatable bonds is 7. The minimum absolute atomic E-state index is 0.0643. The molecule has 206 valence electrons. The lowest BCUT2D eigenvalue weighted by atomic mass is 9.96. The van der Waals surface area contributed by atoms with E-state index in [-0.39, 0.29) is 47.1 Å². The zero-order chi connectivity index (χ0) is 28.3. The predicted molar refractivity (Wildman–Crippen MR) is 148 cm³/mol. The maximum absolute atomic E-state index is 13.4. The minimum Gasteiger partial charge on any atom is -0.495 e. The summed E-state index contributed by atoms with van der Waals surface area (Å²) in [5, 5.41) is 10.8. The third-order valence-electron chi connectivity index (χ3n) is 6.40. The van der Waals surface area contributed by atoms with Crippen LogP contribution in [-0.4, -0.2) is 30.3 Å². The summed E-state index contributed by atoms with van der Waals surface area (Å²) >= 11 is 0. The van der Waals surface area contributed by atoms with Crippen molar-refractivity contribution in [2.45, 2.75) is 59.8 Å². The molecule has 1 heterocycles. The Morgan fingerprint density at radius 2 is 1.79 bits per heavy atom. The van der Waals surface area contributed by atoms with Gasteiger partial charge in [0, 0.05) is 22.9 Å². The summed E-state index contributed by atoms with van der Waals surface area (Å²) in [7, 11) is 1.43. The van der Waals surface area contributed by atoms with Gasteiger partial charge in [-0.2, -0.15) is 0 Å². The van der Waals surface area contributed by atoms with Crippen molar-refractivity contribution in [1.29, 1.82) is 0 Å². The van der Waals surface area contributed by atoms with Gasteiger partial charge in [-0.15, -0.1) is 0 Å². The van der Waals surface area contributed by atoms with Gasteiger partial charge in [0.1, 0.15) is 23.7 Å². The molecule has 1 N–H and O–H groups in total. The molecule has 3 aromatic rings. The highest BCUT2D eigenvalue weighted by molar-refractivity contribution is 5.97. The number of ether oxygens (including phenoxy) is 4. The van der Waals surface area contributed by atoms with Crippen LogP contribution in [0.3, 0.4) is 0 Å². The molecule has 0 aromatic heterocycles. The van der Waals surface area contributed by atoms with Gasteiger partial charge in [-0.05, 0) is 75.1 Å². The number of methoxy groups -OCH3 is 1. The fourth-order valence-corrected chi connectivity index (χ4v) is 4.70. The molecule has 0 aliphatic carbocycles. The fraction of sp³-hybridized carbons (Fsp3) is 0.355. The monoisotopic (exact) mass is 533 g/mol. The van der Waals surface area contributed by atoms with Crippen LogP contribution in [0, 0.1) is 12.8 Å². The molecule has 1 aliphatic heterocycles. The van der Waals surface area contributed by atoms with Gasteiger partial charge in [0.05, 0.1) is 13.2 Å². The van der Waals surface area contributed by atoms with Gasteiger partial charge in [0.2, 0.25) is 0 Å². The average molecular weight is 534 g/mol. The molecular weight excluding hydrogens is 498 g/mol. The molecule has 3 aromatic carbocycles. The standard InChI is InChI=1S/C31H35NO7/c1-18(2)14-24(33)23-12-13-25-27(29(23)36-6)30(34)37-17-21-15-20(5)16-26(28(21)38-25)39-31(35)32(19(3)4)22-10-8-7-9-11-22/h7-13,15-16,18-19,24,33H,14,17H2,1-6H3/t24-/m0/s1. The number of aliphatic hydroxyl groups excluding tert-OH is 1. The molecule has 0 saturated carbocycles. The minimum atomic E-state index is -0.838. The summed E-state index contributed by atoms with van der Waals surface area (Å²) in [5.74, 6) is 0.406. The number of nitrogens with zero attached hydrogens (tertiary/aromatic N) is 1. The number of benzene rings is 3. The topological polar surface area (TPSA) is 94.5 Å². The Bertz CT molecular complexity index is 1350. The molecule has 39 heavy (non-hydrogen) atoms.